The van der Waals surface area contributed by atoms with Crippen LogP contribution >= 0.6 is 39.1 Å². The fraction of sp³-hybridized carbons (Fsp3) is 0.385. The van der Waals surface area contributed by atoms with Crippen molar-refractivity contribution < 1.29 is 45.9 Å². The average Bonchev–Trinajstić information content (AvgIpc) is 4.21. The van der Waals surface area contributed by atoms with Crippen LogP contribution in [-0.4, -0.2) is 148 Å². The Balaban J connectivity index is 0.000000201. The third-order valence-electron chi connectivity index (χ3n) is 13.3. The predicted octanol–water partition coefficient (Wildman–Crippen LogP) is 9.28. The van der Waals surface area contributed by atoms with Gasteiger partial charge in [-0.1, -0.05) is 0 Å². The minimum atomic E-state index is -3.82. The maximum Gasteiger partial charge on any atom is 0.498 e. The molecule has 0 spiro atoms. The summed E-state index contributed by atoms with van der Waals surface area (Å²) in [4.78, 5) is 44.1. The molecule has 7 heterocycles. The van der Waals surface area contributed by atoms with Crippen LogP contribution in [0.25, 0.3) is 11.3 Å². The number of nitrogens with zero attached hydrogens (tertiary/aromatic N) is 10. The number of hydrogen-bond acceptors (Lipinski definition) is 16. The molecule has 0 aliphatic carbocycles. The number of halogens is 7. The Morgan fingerprint density at radius 3 is 1.54 bits per heavy atom. The van der Waals surface area contributed by atoms with Gasteiger partial charge in [-0.15, -0.1) is 22.7 Å². The number of likely N-dealkylation sites (N-methyl/N-ethyl adjacent to an activating group) is 2. The van der Waals surface area contributed by atoms with Crippen molar-refractivity contribution in [2.45, 2.75) is 75.0 Å². The molecule has 78 heavy (non-hydrogen) atoms. The van der Waals surface area contributed by atoms with Crippen LogP contribution in [0.5, 0.6) is 11.5 Å². The lowest BCUT2D eigenvalue weighted by molar-refractivity contribution is -0.0972. The first-order valence-corrected chi connectivity index (χ1v) is 26.0. The number of benzene rings is 2. The summed E-state index contributed by atoms with van der Waals surface area (Å²) in [5, 5.41) is 20.9. The number of carbonyl (C=O) groups excluding carboxylic acids is 2. The standard InChI is InChI=1S/C25H32BClF2N4O4.C23H23ClF2N6O2.C4H3BrN2/c1-23(2)24(3,4)37-26(36-23)20-13-16(14-30-21(20)33-12-11-18(15-33)32(5)6)22(34)31-17-7-9-19(10-8-17)35-25(27,28)29;1-31(2)17-9-11-32(14-17)21-19(20-4-3-10-28-30-20)12-15(13-27-21)22(33)29-16-5-7-18(8-6-16)34-23(24,25)26;5-4-2-1-3-6-7-4/h7-10,13-14,18H,11-12,15H2,1-6H3,(H,31,34);3-8,10,12-13,17H,9,11,14H2,1-2H3,(H,29,33);1-3H/t18-;17-;/m11./s1. The monoisotopic (exact) mass is 1180 g/mol. The fourth-order valence-electron chi connectivity index (χ4n) is 8.35. The minimum absolute atomic E-state index is 0.129. The van der Waals surface area contributed by atoms with Crippen LogP contribution < -0.4 is 35.4 Å². The van der Waals surface area contributed by atoms with Crippen LogP contribution in [0.2, 0.25) is 0 Å². The quantitative estimate of drug-likeness (QED) is 0.0597. The lowest BCUT2D eigenvalue weighted by Gasteiger charge is -2.32. The van der Waals surface area contributed by atoms with Crippen LogP contribution in [0.4, 0.5) is 40.6 Å². The van der Waals surface area contributed by atoms with Gasteiger partial charge in [0.1, 0.15) is 27.7 Å². The Labute approximate surface area is 468 Å². The van der Waals surface area contributed by atoms with E-state index in [0.717, 1.165) is 55.3 Å². The Hall–Kier alpha value is -6.28. The maximum atomic E-state index is 13.1. The van der Waals surface area contributed by atoms with Crippen molar-refractivity contribution in [1.29, 1.82) is 0 Å². The van der Waals surface area contributed by atoms with Crippen LogP contribution in [0.15, 0.2) is 114 Å². The third-order valence-corrected chi connectivity index (χ3v) is 13.8. The van der Waals surface area contributed by atoms with E-state index in [0.29, 0.717) is 51.3 Å². The van der Waals surface area contributed by atoms with E-state index in [1.807, 2.05) is 45.9 Å². The van der Waals surface area contributed by atoms with E-state index in [4.69, 9.17) is 32.5 Å². The van der Waals surface area contributed by atoms with Gasteiger partial charge in [-0.25, -0.2) is 9.97 Å². The Kier molecular flexibility index (Phi) is 19.2. The highest BCUT2D eigenvalue weighted by atomic mass is 79.9. The molecule has 6 aromatic rings. The maximum absolute atomic E-state index is 13.1. The molecule has 3 aliphatic heterocycles. The highest BCUT2D eigenvalue weighted by Crippen LogP contribution is 2.38. The van der Waals surface area contributed by atoms with Crippen LogP contribution in [0.1, 0.15) is 61.3 Å². The Morgan fingerprint density at radius 1 is 0.692 bits per heavy atom. The van der Waals surface area contributed by atoms with Crippen molar-refractivity contribution in [2.24, 2.45) is 0 Å². The first kappa shape index (κ1) is 59.4. The van der Waals surface area contributed by atoms with Crippen LogP contribution in [0.3, 0.4) is 0 Å². The van der Waals surface area contributed by atoms with Gasteiger partial charge in [0.15, 0.2) is 0 Å². The van der Waals surface area contributed by atoms with Crippen molar-refractivity contribution in [2.75, 3.05) is 74.8 Å². The second-order valence-electron chi connectivity index (χ2n) is 19.7. The number of carbonyl (C=O) groups is 2. The first-order chi connectivity index (χ1) is 36.7. The molecule has 2 aromatic carbocycles. The van der Waals surface area contributed by atoms with E-state index in [9.17, 15) is 27.2 Å². The second kappa shape index (κ2) is 25.2. The number of anilines is 4. The first-order valence-electron chi connectivity index (χ1n) is 24.5. The van der Waals surface area contributed by atoms with E-state index >= 15 is 0 Å². The van der Waals surface area contributed by atoms with Gasteiger partial charge < -0.3 is 49.0 Å². The highest BCUT2D eigenvalue weighted by molar-refractivity contribution is 9.10. The number of ether oxygens (including phenoxy) is 2. The normalized spacial score (nSPS) is 17.7. The zero-order valence-corrected chi connectivity index (χ0v) is 47.0. The van der Waals surface area contributed by atoms with Crippen LogP contribution in [0, 0.1) is 0 Å². The van der Waals surface area contributed by atoms with E-state index in [2.05, 4.69) is 114 Å². The molecule has 26 heteroatoms. The van der Waals surface area contributed by atoms with Gasteiger partial charge in [0, 0.05) is 109 Å². The smallest absolute Gasteiger partial charge is 0.420 e. The molecule has 414 valence electrons. The molecule has 2 amide bonds. The van der Waals surface area contributed by atoms with E-state index in [1.54, 1.807) is 30.6 Å². The lowest BCUT2D eigenvalue weighted by atomic mass is 9.78. The fourth-order valence-corrected chi connectivity index (χ4v) is 8.78. The second-order valence-corrected chi connectivity index (χ2v) is 21.4. The summed E-state index contributed by atoms with van der Waals surface area (Å²) in [6.07, 6.45) is 8.25. The van der Waals surface area contributed by atoms with Gasteiger partial charge in [-0.2, -0.15) is 15.3 Å². The molecule has 3 fully saturated rings. The molecular weight excluding hydrogens is 1130 g/mol. The van der Waals surface area contributed by atoms with Crippen molar-refractivity contribution in [3.05, 3.63) is 125 Å². The van der Waals surface area contributed by atoms with E-state index in [1.165, 1.54) is 60.9 Å². The number of alkyl halides is 6. The lowest BCUT2D eigenvalue weighted by Crippen LogP contribution is -2.41. The summed E-state index contributed by atoms with van der Waals surface area (Å²) in [6, 6.07) is 22.4. The largest absolute Gasteiger partial charge is 0.498 e. The molecule has 0 bridgehead atoms. The summed E-state index contributed by atoms with van der Waals surface area (Å²) in [7, 11) is 7.53. The molecular formula is C52H58BBrCl2F4N12O6. The summed E-state index contributed by atoms with van der Waals surface area (Å²) in [5.41, 5.74) is -5.34. The van der Waals surface area contributed by atoms with Gasteiger partial charge in [0.25, 0.3) is 11.8 Å². The molecule has 9 rings (SSSR count). The van der Waals surface area contributed by atoms with E-state index < -0.39 is 41.3 Å². The van der Waals surface area contributed by atoms with Gasteiger partial charge in [0.05, 0.1) is 28.0 Å². The molecule has 18 nitrogen and oxygen atoms in total. The predicted molar refractivity (Wildman–Crippen MR) is 295 cm³/mol. The molecule has 0 saturated carbocycles. The van der Waals surface area contributed by atoms with Gasteiger partial charge in [-0.3, -0.25) is 9.59 Å². The molecule has 0 radical (unpaired) electrons. The van der Waals surface area contributed by atoms with Crippen LogP contribution in [-0.2, 0) is 9.31 Å². The van der Waals surface area contributed by atoms with Gasteiger partial charge in [0.2, 0.25) is 0 Å². The molecule has 3 aliphatic rings. The number of nitrogens with one attached hydrogen (secondary N) is 2. The zero-order chi connectivity index (χ0) is 56.6. The molecule has 3 saturated heterocycles. The van der Waals surface area contributed by atoms with Crippen molar-refractivity contribution in [3.63, 3.8) is 0 Å². The summed E-state index contributed by atoms with van der Waals surface area (Å²) in [5.74, 6) is 0.381. The number of rotatable bonds is 14. The Bertz CT molecular complexity index is 2960. The van der Waals surface area contributed by atoms with Crippen molar-refractivity contribution >= 4 is 86.5 Å². The Morgan fingerprint density at radius 2 is 1.14 bits per heavy atom. The van der Waals surface area contributed by atoms with Gasteiger partial charge >= 0.3 is 18.3 Å². The number of amides is 2. The zero-order valence-electron chi connectivity index (χ0n) is 43.9. The van der Waals surface area contributed by atoms with Gasteiger partial charge in [-0.05, 0) is 170 Å². The molecule has 2 N–H and O–H groups in total. The molecule has 4 aromatic heterocycles. The summed E-state index contributed by atoms with van der Waals surface area (Å²) >= 11 is 12.7. The number of aromatic nitrogens is 6. The van der Waals surface area contributed by atoms with E-state index in [-0.39, 0.29) is 11.5 Å². The molecule has 2 atom stereocenters. The van der Waals surface area contributed by atoms with Crippen molar-refractivity contribution in [1.82, 2.24) is 40.2 Å². The third kappa shape index (κ3) is 16.2. The highest BCUT2D eigenvalue weighted by Gasteiger charge is 2.53. The minimum Gasteiger partial charge on any atom is -0.420 e. The average molecular weight is 1180 g/mol. The number of hydrogen-bond donors (Lipinski definition) is 2. The molecule has 0 unspecified atom stereocenters. The van der Waals surface area contributed by atoms with Crippen molar-refractivity contribution in [3.8, 4) is 22.8 Å². The summed E-state index contributed by atoms with van der Waals surface area (Å²) in [6.45, 7) is 11.2. The SMILES string of the molecule is Brc1cccnn1.CN(C)[C@@H]1CCN(c2ncc(C(=O)Nc3ccc(OC(F)(F)Cl)cc3)cc2-c2cccnn2)C1.CN(C)[C@@H]1CCN(c2ncc(C(=O)Nc3ccc(OC(F)(F)Cl)cc3)cc2B2OC(C)(C)C(C)(C)O2)C1. The number of pyridine rings is 2. The topological polar surface area (TPSA) is 185 Å². The summed E-state index contributed by atoms with van der Waals surface area (Å²) < 4.78 is 73.2.